The van der Waals surface area contributed by atoms with E-state index >= 15 is 0 Å². The second-order valence-corrected chi connectivity index (χ2v) is 8.35. The summed E-state index contributed by atoms with van der Waals surface area (Å²) >= 11 is 0. The molecule has 7 nitrogen and oxygen atoms in total. The molecule has 0 aliphatic heterocycles. The van der Waals surface area contributed by atoms with Crippen LogP contribution in [-0.4, -0.2) is 40.3 Å². The van der Waals surface area contributed by atoms with Gasteiger partial charge in [-0.25, -0.2) is 8.42 Å². The summed E-state index contributed by atoms with van der Waals surface area (Å²) < 4.78 is 43.5. The molecule has 3 rings (SSSR count). The number of rotatable bonds is 8. The van der Waals surface area contributed by atoms with Crippen LogP contribution < -0.4 is 9.47 Å². The van der Waals surface area contributed by atoms with E-state index in [1.165, 1.54) is 26.4 Å². The number of aromatic nitrogens is 1. The molecule has 29 heavy (non-hydrogen) atoms. The maximum absolute atomic E-state index is 13.3. The first kappa shape index (κ1) is 20.7. The normalized spacial score (nSPS) is 11.4. The lowest BCUT2D eigenvalue weighted by molar-refractivity contribution is -0.140. The Bertz CT molecular complexity index is 1120. The predicted molar refractivity (Wildman–Crippen MR) is 108 cm³/mol. The lowest BCUT2D eigenvalue weighted by atomic mass is 10.2. The average molecular weight is 417 g/mol. The molecule has 2 aromatic carbocycles. The Balaban J connectivity index is 2.05. The summed E-state index contributed by atoms with van der Waals surface area (Å²) in [6.45, 7) is 0.469. The van der Waals surface area contributed by atoms with Crippen LogP contribution in [0.25, 0.3) is 10.9 Å². The third-order valence-electron chi connectivity index (χ3n) is 4.72. The zero-order chi connectivity index (χ0) is 21.0. The van der Waals surface area contributed by atoms with Crippen molar-refractivity contribution in [1.29, 1.82) is 0 Å². The molecule has 8 heteroatoms. The van der Waals surface area contributed by atoms with Crippen LogP contribution in [0.4, 0.5) is 0 Å². The Hall–Kier alpha value is -3.00. The van der Waals surface area contributed by atoms with Crippen LogP contribution in [0, 0.1) is 0 Å². The Morgan fingerprint density at radius 3 is 2.24 bits per heavy atom. The second-order valence-electron chi connectivity index (χ2n) is 6.43. The molecule has 0 amide bonds. The Kier molecular flexibility index (Phi) is 6.12. The van der Waals surface area contributed by atoms with E-state index in [2.05, 4.69) is 4.74 Å². The summed E-state index contributed by atoms with van der Waals surface area (Å²) in [5.74, 6) is 0.905. The minimum absolute atomic E-state index is 0.183. The summed E-state index contributed by atoms with van der Waals surface area (Å²) in [6.07, 6.45) is 2.39. The maximum atomic E-state index is 13.3. The molecule has 1 heterocycles. The molecule has 3 aromatic rings. The molecular formula is C21H23NO6S. The van der Waals surface area contributed by atoms with E-state index in [9.17, 15) is 13.2 Å². The lowest BCUT2D eigenvalue weighted by Gasteiger charge is -2.06. The van der Waals surface area contributed by atoms with Crippen molar-refractivity contribution in [3.8, 4) is 11.5 Å². The number of carbonyl (C=O) groups is 1. The van der Waals surface area contributed by atoms with Gasteiger partial charge in [-0.1, -0.05) is 0 Å². The monoisotopic (exact) mass is 417 g/mol. The largest absolute Gasteiger partial charge is 0.497 e. The van der Waals surface area contributed by atoms with Crippen LogP contribution in [0.5, 0.6) is 11.5 Å². The van der Waals surface area contributed by atoms with Gasteiger partial charge in [-0.15, -0.1) is 0 Å². The first-order chi connectivity index (χ1) is 13.9. The fourth-order valence-corrected chi connectivity index (χ4v) is 4.62. The summed E-state index contributed by atoms with van der Waals surface area (Å²) in [5, 5.41) is 0.597. The maximum Gasteiger partial charge on any atom is 0.305 e. The van der Waals surface area contributed by atoms with Crippen molar-refractivity contribution in [2.45, 2.75) is 29.2 Å². The number of nitrogens with zero attached hydrogens (tertiary/aromatic N) is 1. The molecule has 154 valence electrons. The number of fused-ring (bicyclic) bond motifs is 1. The molecular weight excluding hydrogens is 394 g/mol. The number of methoxy groups -OCH3 is 3. The molecule has 0 saturated carbocycles. The molecule has 0 N–H and O–H groups in total. The van der Waals surface area contributed by atoms with E-state index in [-0.39, 0.29) is 22.2 Å². The van der Waals surface area contributed by atoms with Gasteiger partial charge >= 0.3 is 5.97 Å². The SMILES string of the molecule is COC(=O)CCCn1cc(S(=O)(=O)c2ccc(OC)cc2)c2ccc(OC)cc21. The van der Waals surface area contributed by atoms with Crippen molar-refractivity contribution in [2.24, 2.45) is 0 Å². The highest BCUT2D eigenvalue weighted by molar-refractivity contribution is 7.91. The summed E-state index contributed by atoms with van der Waals surface area (Å²) in [5.41, 5.74) is 0.723. The van der Waals surface area contributed by atoms with Crippen molar-refractivity contribution >= 4 is 26.7 Å². The molecule has 0 bridgehead atoms. The van der Waals surface area contributed by atoms with E-state index in [0.717, 1.165) is 5.52 Å². The van der Waals surface area contributed by atoms with E-state index in [1.807, 2.05) is 4.57 Å². The van der Waals surface area contributed by atoms with Gasteiger partial charge in [0.15, 0.2) is 0 Å². The zero-order valence-electron chi connectivity index (χ0n) is 16.5. The highest BCUT2D eigenvalue weighted by Crippen LogP contribution is 2.33. The van der Waals surface area contributed by atoms with Gasteiger partial charge in [-0.05, 0) is 42.8 Å². The van der Waals surface area contributed by atoms with Crippen LogP contribution in [0.2, 0.25) is 0 Å². The lowest BCUT2D eigenvalue weighted by Crippen LogP contribution is -2.04. The van der Waals surface area contributed by atoms with Crippen LogP contribution in [-0.2, 0) is 25.9 Å². The summed E-state index contributed by atoms with van der Waals surface area (Å²) in [6, 6.07) is 11.5. The fraction of sp³-hybridized carbons (Fsp3) is 0.286. The molecule has 0 unspecified atom stereocenters. The van der Waals surface area contributed by atoms with Crippen LogP contribution >= 0.6 is 0 Å². The highest BCUT2D eigenvalue weighted by atomic mass is 32.2. The number of sulfone groups is 1. The van der Waals surface area contributed by atoms with Gasteiger partial charge in [0.1, 0.15) is 11.5 Å². The minimum Gasteiger partial charge on any atom is -0.497 e. The molecule has 1 aromatic heterocycles. The Morgan fingerprint density at radius 1 is 0.966 bits per heavy atom. The number of hydrogen-bond acceptors (Lipinski definition) is 6. The Morgan fingerprint density at radius 2 is 1.62 bits per heavy atom. The topological polar surface area (TPSA) is 83.8 Å². The van der Waals surface area contributed by atoms with Gasteiger partial charge in [0.05, 0.1) is 36.6 Å². The average Bonchev–Trinajstić information content (AvgIpc) is 3.12. The zero-order valence-corrected chi connectivity index (χ0v) is 17.4. The van der Waals surface area contributed by atoms with Crippen molar-refractivity contribution in [1.82, 2.24) is 4.57 Å². The number of aryl methyl sites for hydroxylation is 1. The van der Waals surface area contributed by atoms with E-state index < -0.39 is 9.84 Å². The van der Waals surface area contributed by atoms with E-state index in [1.54, 1.807) is 43.6 Å². The fourth-order valence-electron chi connectivity index (χ4n) is 3.14. The standard InChI is InChI=1S/C21H23NO6S/c1-26-15-6-9-17(10-7-15)29(24,25)20-14-22(12-4-5-21(23)28-3)19-13-16(27-2)8-11-18(19)20/h6-11,13-14H,4-5,12H2,1-3H3. The highest BCUT2D eigenvalue weighted by Gasteiger charge is 2.24. The van der Waals surface area contributed by atoms with Gasteiger partial charge in [-0.2, -0.15) is 0 Å². The second kappa shape index (κ2) is 8.57. The van der Waals surface area contributed by atoms with Crippen molar-refractivity contribution in [2.75, 3.05) is 21.3 Å². The van der Waals surface area contributed by atoms with Gasteiger partial charge < -0.3 is 18.8 Å². The molecule has 0 saturated heterocycles. The van der Waals surface area contributed by atoms with Crippen LogP contribution in [0.3, 0.4) is 0 Å². The third kappa shape index (κ3) is 4.22. The molecule has 0 aliphatic carbocycles. The first-order valence-electron chi connectivity index (χ1n) is 9.03. The smallest absolute Gasteiger partial charge is 0.305 e. The molecule has 0 fully saturated rings. The number of benzene rings is 2. The summed E-state index contributed by atoms with van der Waals surface area (Å²) in [4.78, 5) is 11.8. The molecule has 0 radical (unpaired) electrons. The molecule has 0 atom stereocenters. The van der Waals surface area contributed by atoms with Crippen molar-refractivity contribution in [3.63, 3.8) is 0 Å². The van der Waals surface area contributed by atoms with Crippen molar-refractivity contribution in [3.05, 3.63) is 48.7 Å². The first-order valence-corrected chi connectivity index (χ1v) is 10.5. The number of esters is 1. The molecule has 0 aliphatic rings. The Labute approximate surface area is 169 Å². The van der Waals surface area contributed by atoms with Gasteiger partial charge in [-0.3, -0.25) is 4.79 Å². The van der Waals surface area contributed by atoms with Crippen molar-refractivity contribution < 1.29 is 27.4 Å². The number of ether oxygens (including phenoxy) is 3. The summed E-state index contributed by atoms with van der Waals surface area (Å²) in [7, 11) is 0.684. The minimum atomic E-state index is -3.74. The number of hydrogen-bond donors (Lipinski definition) is 0. The quantitative estimate of drug-likeness (QED) is 0.522. The van der Waals surface area contributed by atoms with Gasteiger partial charge in [0.2, 0.25) is 9.84 Å². The number of carbonyl (C=O) groups excluding carboxylic acids is 1. The van der Waals surface area contributed by atoms with E-state index in [0.29, 0.717) is 29.9 Å². The predicted octanol–water partition coefficient (Wildman–Crippen LogP) is 3.44. The van der Waals surface area contributed by atoms with E-state index in [4.69, 9.17) is 9.47 Å². The van der Waals surface area contributed by atoms with Gasteiger partial charge in [0, 0.05) is 30.6 Å². The van der Waals surface area contributed by atoms with Crippen LogP contribution in [0.15, 0.2) is 58.5 Å². The third-order valence-corrected chi connectivity index (χ3v) is 6.52. The van der Waals surface area contributed by atoms with Gasteiger partial charge in [0.25, 0.3) is 0 Å². The van der Waals surface area contributed by atoms with Crippen LogP contribution in [0.1, 0.15) is 12.8 Å². The molecule has 0 spiro atoms.